The van der Waals surface area contributed by atoms with E-state index in [4.69, 9.17) is 9.47 Å². The number of halogens is 1. The fourth-order valence-corrected chi connectivity index (χ4v) is 3.42. The van der Waals surface area contributed by atoms with Gasteiger partial charge in [-0.05, 0) is 54.8 Å². The smallest absolute Gasteiger partial charge is 0.261 e. The van der Waals surface area contributed by atoms with E-state index in [2.05, 4.69) is 28.2 Å². The maximum Gasteiger partial charge on any atom is 0.261 e. The molecule has 0 aliphatic carbocycles. The number of hydrogen-bond donors (Lipinski definition) is 1. The SMILES string of the molecule is CCCCNC(=O)C(CC)N(Cc1cccc(OC)c1)C(=O)COc1ccc(Br)cc1. The summed E-state index contributed by atoms with van der Waals surface area (Å²) < 4.78 is 11.9. The van der Waals surface area contributed by atoms with E-state index in [1.807, 2.05) is 43.3 Å². The summed E-state index contributed by atoms with van der Waals surface area (Å²) in [5, 5.41) is 2.95. The standard InChI is InChI=1S/C24H31BrN2O4/c1-4-6-14-26-24(29)22(5-2)27(16-18-8-7-9-21(15-18)30-3)23(28)17-31-20-12-10-19(25)11-13-20/h7-13,15,22H,4-6,14,16-17H2,1-3H3,(H,26,29). The van der Waals surface area contributed by atoms with Crippen LogP contribution in [0.2, 0.25) is 0 Å². The number of amides is 2. The van der Waals surface area contributed by atoms with Crippen molar-refractivity contribution in [2.45, 2.75) is 45.7 Å². The Kier molecular flexibility index (Phi) is 10.4. The lowest BCUT2D eigenvalue weighted by Gasteiger charge is -2.30. The number of nitrogens with zero attached hydrogens (tertiary/aromatic N) is 1. The van der Waals surface area contributed by atoms with Gasteiger partial charge in [0.25, 0.3) is 5.91 Å². The normalized spacial score (nSPS) is 11.5. The summed E-state index contributed by atoms with van der Waals surface area (Å²) >= 11 is 3.38. The summed E-state index contributed by atoms with van der Waals surface area (Å²) in [5.74, 6) is 0.911. The van der Waals surface area contributed by atoms with Crippen molar-refractivity contribution in [3.63, 3.8) is 0 Å². The molecule has 0 saturated carbocycles. The van der Waals surface area contributed by atoms with Crippen molar-refractivity contribution >= 4 is 27.7 Å². The highest BCUT2D eigenvalue weighted by atomic mass is 79.9. The highest BCUT2D eigenvalue weighted by molar-refractivity contribution is 9.10. The van der Waals surface area contributed by atoms with Crippen LogP contribution in [0.3, 0.4) is 0 Å². The molecular formula is C24H31BrN2O4. The molecule has 7 heteroatoms. The van der Waals surface area contributed by atoms with E-state index in [9.17, 15) is 9.59 Å². The highest BCUT2D eigenvalue weighted by Gasteiger charge is 2.28. The molecular weight excluding hydrogens is 460 g/mol. The summed E-state index contributed by atoms with van der Waals surface area (Å²) in [7, 11) is 1.60. The van der Waals surface area contributed by atoms with Gasteiger partial charge in [-0.2, -0.15) is 0 Å². The Balaban J connectivity index is 2.18. The van der Waals surface area contributed by atoms with Crippen molar-refractivity contribution in [3.05, 3.63) is 58.6 Å². The van der Waals surface area contributed by atoms with Gasteiger partial charge in [0.1, 0.15) is 17.5 Å². The zero-order chi connectivity index (χ0) is 22.6. The van der Waals surface area contributed by atoms with Crippen molar-refractivity contribution in [1.29, 1.82) is 0 Å². The third kappa shape index (κ3) is 7.90. The van der Waals surface area contributed by atoms with Crippen LogP contribution in [0.25, 0.3) is 0 Å². The number of methoxy groups -OCH3 is 1. The molecule has 0 radical (unpaired) electrons. The monoisotopic (exact) mass is 490 g/mol. The number of carbonyl (C=O) groups excluding carboxylic acids is 2. The Hall–Kier alpha value is -2.54. The molecule has 1 N–H and O–H groups in total. The van der Waals surface area contributed by atoms with Gasteiger partial charge in [0.05, 0.1) is 7.11 Å². The zero-order valence-corrected chi connectivity index (χ0v) is 20.0. The minimum atomic E-state index is -0.580. The summed E-state index contributed by atoms with van der Waals surface area (Å²) in [4.78, 5) is 27.6. The Morgan fingerprint density at radius 1 is 1.10 bits per heavy atom. The molecule has 1 atom stereocenters. The maximum absolute atomic E-state index is 13.2. The molecule has 1 unspecified atom stereocenters. The number of nitrogens with one attached hydrogen (secondary N) is 1. The van der Waals surface area contributed by atoms with Crippen LogP contribution in [0.15, 0.2) is 53.0 Å². The predicted octanol–water partition coefficient (Wildman–Crippen LogP) is 4.56. The number of unbranched alkanes of at least 4 members (excludes halogenated alkanes) is 1. The van der Waals surface area contributed by atoms with Crippen LogP contribution in [0.1, 0.15) is 38.7 Å². The molecule has 0 saturated heterocycles. The van der Waals surface area contributed by atoms with Crippen LogP contribution < -0.4 is 14.8 Å². The van der Waals surface area contributed by atoms with Gasteiger partial charge in [-0.25, -0.2) is 0 Å². The molecule has 31 heavy (non-hydrogen) atoms. The van der Waals surface area contributed by atoms with Crippen LogP contribution in [0.5, 0.6) is 11.5 Å². The lowest BCUT2D eigenvalue weighted by atomic mass is 10.1. The third-order valence-electron chi connectivity index (χ3n) is 4.88. The van der Waals surface area contributed by atoms with Crippen molar-refractivity contribution in [2.24, 2.45) is 0 Å². The van der Waals surface area contributed by atoms with Gasteiger partial charge in [0, 0.05) is 17.6 Å². The van der Waals surface area contributed by atoms with Gasteiger partial charge in [-0.15, -0.1) is 0 Å². The van der Waals surface area contributed by atoms with E-state index in [-0.39, 0.29) is 18.4 Å². The van der Waals surface area contributed by atoms with Gasteiger partial charge >= 0.3 is 0 Å². The third-order valence-corrected chi connectivity index (χ3v) is 5.41. The Morgan fingerprint density at radius 2 is 1.84 bits per heavy atom. The van der Waals surface area contributed by atoms with Gasteiger partial charge in [-0.1, -0.05) is 48.3 Å². The molecule has 0 aliphatic rings. The zero-order valence-electron chi connectivity index (χ0n) is 18.4. The van der Waals surface area contributed by atoms with Gasteiger partial charge in [0.2, 0.25) is 5.91 Å². The second-order valence-electron chi connectivity index (χ2n) is 7.18. The summed E-state index contributed by atoms with van der Waals surface area (Å²) in [5.41, 5.74) is 0.885. The molecule has 6 nitrogen and oxygen atoms in total. The van der Waals surface area contributed by atoms with Gasteiger partial charge in [0.15, 0.2) is 6.61 Å². The Bertz CT molecular complexity index is 842. The van der Waals surface area contributed by atoms with Gasteiger partial charge < -0.3 is 19.7 Å². The second kappa shape index (κ2) is 13.0. The predicted molar refractivity (Wildman–Crippen MR) is 125 cm³/mol. The average Bonchev–Trinajstić information content (AvgIpc) is 2.78. The van der Waals surface area contributed by atoms with E-state index in [0.717, 1.165) is 22.9 Å². The van der Waals surface area contributed by atoms with Crippen molar-refractivity contribution in [3.8, 4) is 11.5 Å². The molecule has 168 valence electrons. The largest absolute Gasteiger partial charge is 0.497 e. The first-order valence-corrected chi connectivity index (χ1v) is 11.4. The van der Waals surface area contributed by atoms with Crippen molar-refractivity contribution in [2.75, 3.05) is 20.3 Å². The number of ether oxygens (including phenoxy) is 2. The fourth-order valence-electron chi connectivity index (χ4n) is 3.15. The van der Waals surface area contributed by atoms with Crippen molar-refractivity contribution in [1.82, 2.24) is 10.2 Å². The summed E-state index contributed by atoms with van der Waals surface area (Å²) in [6, 6.07) is 14.2. The molecule has 2 aromatic rings. The molecule has 2 amide bonds. The van der Waals surface area contributed by atoms with E-state index in [0.29, 0.717) is 31.0 Å². The number of rotatable bonds is 12. The highest BCUT2D eigenvalue weighted by Crippen LogP contribution is 2.19. The lowest BCUT2D eigenvalue weighted by molar-refractivity contribution is -0.143. The van der Waals surface area contributed by atoms with Crippen LogP contribution in [-0.4, -0.2) is 43.0 Å². The first-order chi connectivity index (χ1) is 15.0. The summed E-state index contributed by atoms with van der Waals surface area (Å²) in [6.45, 7) is 4.72. The first-order valence-electron chi connectivity index (χ1n) is 10.6. The lowest BCUT2D eigenvalue weighted by Crippen LogP contribution is -2.50. The van der Waals surface area contributed by atoms with Crippen LogP contribution >= 0.6 is 15.9 Å². The number of hydrogen-bond acceptors (Lipinski definition) is 4. The molecule has 0 heterocycles. The molecule has 0 spiro atoms. The second-order valence-corrected chi connectivity index (χ2v) is 8.10. The Morgan fingerprint density at radius 3 is 2.48 bits per heavy atom. The maximum atomic E-state index is 13.2. The van der Waals surface area contributed by atoms with E-state index < -0.39 is 6.04 Å². The molecule has 2 aromatic carbocycles. The number of benzene rings is 2. The summed E-state index contributed by atoms with van der Waals surface area (Å²) in [6.07, 6.45) is 2.40. The van der Waals surface area contributed by atoms with Gasteiger partial charge in [-0.3, -0.25) is 9.59 Å². The minimum Gasteiger partial charge on any atom is -0.497 e. The molecule has 0 fully saturated rings. The quantitative estimate of drug-likeness (QED) is 0.442. The van der Waals surface area contributed by atoms with Crippen LogP contribution in [0.4, 0.5) is 0 Å². The van der Waals surface area contributed by atoms with E-state index in [1.54, 1.807) is 24.1 Å². The first kappa shape index (κ1) is 24.7. The van der Waals surface area contributed by atoms with Crippen molar-refractivity contribution < 1.29 is 19.1 Å². The Labute approximate surface area is 193 Å². The van der Waals surface area contributed by atoms with Crippen LogP contribution in [0, 0.1) is 0 Å². The minimum absolute atomic E-state index is 0.143. The topological polar surface area (TPSA) is 67.9 Å². The fraction of sp³-hybridized carbons (Fsp3) is 0.417. The molecule has 0 bridgehead atoms. The van der Waals surface area contributed by atoms with E-state index >= 15 is 0 Å². The molecule has 2 rings (SSSR count). The number of carbonyl (C=O) groups is 2. The average molecular weight is 491 g/mol. The van der Waals surface area contributed by atoms with Crippen LogP contribution in [-0.2, 0) is 16.1 Å². The molecule has 0 aromatic heterocycles. The van der Waals surface area contributed by atoms with E-state index in [1.165, 1.54) is 0 Å². The molecule has 0 aliphatic heterocycles.